The van der Waals surface area contributed by atoms with Crippen LogP contribution in [0.25, 0.3) is 0 Å². The molecule has 128 valence electrons. The highest BCUT2D eigenvalue weighted by molar-refractivity contribution is 5.96. The number of carbonyl (C=O) groups excluding carboxylic acids is 1. The Morgan fingerprint density at radius 2 is 2.00 bits per heavy atom. The lowest BCUT2D eigenvalue weighted by Crippen LogP contribution is -2.41. The molecule has 1 rings (SSSR count). The Labute approximate surface area is 136 Å². The number of nitrogens with one attached hydrogen (secondary N) is 1. The first-order chi connectivity index (χ1) is 10.9. The topological polar surface area (TPSA) is 84.9 Å². The Balaban J connectivity index is 2.66. The van der Waals surface area contributed by atoms with Gasteiger partial charge in [0.1, 0.15) is 11.8 Å². The van der Waals surface area contributed by atoms with Gasteiger partial charge in [-0.15, -0.1) is 0 Å². The van der Waals surface area contributed by atoms with Gasteiger partial charge in [0.25, 0.3) is 5.91 Å². The average Bonchev–Trinajstić information content (AvgIpc) is 2.50. The largest absolute Gasteiger partial charge is 0.493 e. The Bertz CT molecular complexity index is 515. The van der Waals surface area contributed by atoms with Crippen molar-refractivity contribution in [1.29, 1.82) is 0 Å². The van der Waals surface area contributed by atoms with Crippen LogP contribution in [0, 0.1) is 5.92 Å². The lowest BCUT2D eigenvalue weighted by atomic mass is 10.0. The van der Waals surface area contributed by atoms with E-state index in [1.54, 1.807) is 31.4 Å². The van der Waals surface area contributed by atoms with Crippen molar-refractivity contribution in [2.45, 2.75) is 32.7 Å². The van der Waals surface area contributed by atoms with Gasteiger partial charge in [-0.05, 0) is 30.5 Å². The minimum absolute atomic E-state index is 0.173. The Hall–Kier alpha value is -2.08. The Morgan fingerprint density at radius 1 is 1.26 bits per heavy atom. The molecule has 0 fully saturated rings. The molecular formula is C17H25NO5. The minimum Gasteiger partial charge on any atom is -0.493 e. The van der Waals surface area contributed by atoms with E-state index in [9.17, 15) is 14.7 Å². The summed E-state index contributed by atoms with van der Waals surface area (Å²) in [4.78, 5) is 23.4. The van der Waals surface area contributed by atoms with Gasteiger partial charge in [0.15, 0.2) is 0 Å². The lowest BCUT2D eigenvalue weighted by molar-refractivity contribution is -0.139. The van der Waals surface area contributed by atoms with Gasteiger partial charge in [-0.3, -0.25) is 4.79 Å². The lowest BCUT2D eigenvalue weighted by Gasteiger charge is -2.16. The van der Waals surface area contributed by atoms with Crippen molar-refractivity contribution >= 4 is 11.9 Å². The second kappa shape index (κ2) is 9.84. The van der Waals surface area contributed by atoms with E-state index in [-0.39, 0.29) is 5.92 Å². The second-order valence-electron chi connectivity index (χ2n) is 5.72. The van der Waals surface area contributed by atoms with Crippen molar-refractivity contribution in [3.05, 3.63) is 29.8 Å². The maximum atomic E-state index is 12.2. The van der Waals surface area contributed by atoms with Crippen molar-refractivity contribution in [2.24, 2.45) is 5.92 Å². The summed E-state index contributed by atoms with van der Waals surface area (Å²) in [6.07, 6.45) is 1.14. The van der Waals surface area contributed by atoms with Gasteiger partial charge < -0.3 is 19.9 Å². The molecule has 1 aromatic rings. The van der Waals surface area contributed by atoms with E-state index >= 15 is 0 Å². The van der Waals surface area contributed by atoms with E-state index < -0.39 is 17.9 Å². The highest BCUT2D eigenvalue weighted by Gasteiger charge is 2.21. The molecule has 0 saturated heterocycles. The summed E-state index contributed by atoms with van der Waals surface area (Å²) in [6.45, 7) is 4.92. The molecule has 1 aromatic carbocycles. The highest BCUT2D eigenvalue weighted by atomic mass is 16.5. The fourth-order valence-corrected chi connectivity index (χ4v) is 2.05. The summed E-state index contributed by atoms with van der Waals surface area (Å²) in [5, 5.41) is 11.7. The first-order valence-electron chi connectivity index (χ1n) is 7.69. The van der Waals surface area contributed by atoms with E-state index in [4.69, 9.17) is 9.47 Å². The number of carboxylic acid groups (broad SMARTS) is 1. The van der Waals surface area contributed by atoms with Gasteiger partial charge in [-0.25, -0.2) is 4.79 Å². The molecule has 0 aliphatic heterocycles. The number of hydrogen-bond donors (Lipinski definition) is 2. The number of aliphatic carboxylic acids is 1. The molecule has 1 atom stereocenters. The molecule has 0 aromatic heterocycles. The second-order valence-corrected chi connectivity index (χ2v) is 5.72. The van der Waals surface area contributed by atoms with E-state index in [1.807, 2.05) is 13.8 Å². The number of hydrogen-bond acceptors (Lipinski definition) is 4. The van der Waals surface area contributed by atoms with Crippen LogP contribution in [0.1, 0.15) is 37.0 Å². The number of carboxylic acids is 1. The smallest absolute Gasteiger partial charge is 0.326 e. The average molecular weight is 323 g/mol. The molecule has 0 spiro atoms. The van der Waals surface area contributed by atoms with Gasteiger partial charge in [0, 0.05) is 25.7 Å². The third kappa shape index (κ3) is 7.15. The van der Waals surface area contributed by atoms with Crippen LogP contribution in [0.2, 0.25) is 0 Å². The quantitative estimate of drug-likeness (QED) is 0.646. The fraction of sp³-hybridized carbons (Fsp3) is 0.529. The Morgan fingerprint density at radius 3 is 2.61 bits per heavy atom. The minimum atomic E-state index is -1.03. The molecule has 1 amide bonds. The van der Waals surface area contributed by atoms with Crippen molar-refractivity contribution in [3.8, 4) is 5.75 Å². The number of amides is 1. The van der Waals surface area contributed by atoms with E-state index in [2.05, 4.69) is 5.32 Å². The monoisotopic (exact) mass is 323 g/mol. The van der Waals surface area contributed by atoms with Crippen molar-refractivity contribution in [1.82, 2.24) is 5.32 Å². The van der Waals surface area contributed by atoms with Crippen LogP contribution < -0.4 is 10.1 Å². The zero-order chi connectivity index (χ0) is 17.2. The summed E-state index contributed by atoms with van der Waals surface area (Å²) in [6, 6.07) is 5.81. The van der Waals surface area contributed by atoms with Crippen molar-refractivity contribution < 1.29 is 24.2 Å². The standard InChI is InChI=1S/C17H25NO5/c1-12(2)10-15(17(20)21)18-16(19)13-6-4-7-14(11-13)23-9-5-8-22-3/h4,6-7,11-12,15H,5,8-10H2,1-3H3,(H,18,19)(H,20,21). The maximum absolute atomic E-state index is 12.2. The predicted octanol–water partition coefficient (Wildman–Crippen LogP) is 2.33. The van der Waals surface area contributed by atoms with Gasteiger partial charge in [0.05, 0.1) is 6.61 Å². The molecule has 23 heavy (non-hydrogen) atoms. The van der Waals surface area contributed by atoms with Crippen LogP contribution in [0.15, 0.2) is 24.3 Å². The molecular weight excluding hydrogens is 298 g/mol. The number of rotatable bonds is 10. The van der Waals surface area contributed by atoms with Crippen LogP contribution in [-0.2, 0) is 9.53 Å². The van der Waals surface area contributed by atoms with Gasteiger partial charge >= 0.3 is 5.97 Å². The Kier molecular flexibility index (Phi) is 8.11. The van der Waals surface area contributed by atoms with E-state index in [0.717, 1.165) is 6.42 Å². The van der Waals surface area contributed by atoms with Crippen LogP contribution in [0.4, 0.5) is 0 Å². The molecule has 6 nitrogen and oxygen atoms in total. The first kappa shape index (κ1) is 19.0. The van der Waals surface area contributed by atoms with Crippen LogP contribution in [-0.4, -0.2) is 43.3 Å². The number of carbonyl (C=O) groups is 2. The van der Waals surface area contributed by atoms with E-state index in [0.29, 0.717) is 30.9 Å². The number of methoxy groups -OCH3 is 1. The van der Waals surface area contributed by atoms with Crippen LogP contribution in [0.5, 0.6) is 5.75 Å². The molecule has 0 bridgehead atoms. The zero-order valence-electron chi connectivity index (χ0n) is 13.9. The number of ether oxygens (including phenoxy) is 2. The van der Waals surface area contributed by atoms with Gasteiger partial charge in [-0.1, -0.05) is 19.9 Å². The van der Waals surface area contributed by atoms with Crippen LogP contribution in [0.3, 0.4) is 0 Å². The van der Waals surface area contributed by atoms with Gasteiger partial charge in [-0.2, -0.15) is 0 Å². The molecule has 1 unspecified atom stereocenters. The summed E-state index contributed by atoms with van der Waals surface area (Å²) < 4.78 is 10.5. The molecule has 0 aliphatic carbocycles. The highest BCUT2D eigenvalue weighted by Crippen LogP contribution is 2.14. The molecule has 2 N–H and O–H groups in total. The third-order valence-electron chi connectivity index (χ3n) is 3.17. The molecule has 0 saturated carbocycles. The number of benzene rings is 1. The molecule has 0 radical (unpaired) electrons. The summed E-state index contributed by atoms with van der Waals surface area (Å²) in [7, 11) is 1.63. The SMILES string of the molecule is COCCCOc1cccc(C(=O)NC(CC(C)C)C(=O)O)c1. The normalized spacial score (nSPS) is 12.0. The maximum Gasteiger partial charge on any atom is 0.326 e. The summed E-state index contributed by atoms with van der Waals surface area (Å²) in [5.74, 6) is -0.698. The summed E-state index contributed by atoms with van der Waals surface area (Å²) in [5.41, 5.74) is 0.379. The van der Waals surface area contributed by atoms with Gasteiger partial charge in [0.2, 0.25) is 0 Å². The fourth-order valence-electron chi connectivity index (χ4n) is 2.05. The molecule has 0 heterocycles. The third-order valence-corrected chi connectivity index (χ3v) is 3.17. The van der Waals surface area contributed by atoms with E-state index in [1.165, 1.54) is 0 Å². The van der Waals surface area contributed by atoms with Crippen LogP contribution >= 0.6 is 0 Å². The molecule has 0 aliphatic rings. The summed E-state index contributed by atoms with van der Waals surface area (Å²) >= 11 is 0. The molecule has 6 heteroatoms. The first-order valence-corrected chi connectivity index (χ1v) is 7.69. The van der Waals surface area contributed by atoms with Crippen molar-refractivity contribution in [2.75, 3.05) is 20.3 Å². The predicted molar refractivity (Wildman–Crippen MR) is 86.8 cm³/mol. The van der Waals surface area contributed by atoms with Crippen molar-refractivity contribution in [3.63, 3.8) is 0 Å². The zero-order valence-corrected chi connectivity index (χ0v) is 13.9.